The van der Waals surface area contributed by atoms with Crippen molar-refractivity contribution < 1.29 is 38.4 Å². The van der Waals surface area contributed by atoms with Crippen molar-refractivity contribution in [1.29, 1.82) is 0 Å². The van der Waals surface area contributed by atoms with Gasteiger partial charge in [-0.05, 0) is 62.9 Å². The molecule has 12 heteroatoms. The van der Waals surface area contributed by atoms with Gasteiger partial charge in [-0.25, -0.2) is 14.7 Å². The Balaban J connectivity index is 1.51. The highest BCUT2D eigenvalue weighted by Gasteiger charge is 2.45. The number of carbonyl (C=O) groups excluding carboxylic acids is 5. The molecule has 0 aromatic heterocycles. The van der Waals surface area contributed by atoms with Crippen LogP contribution in [0.5, 0.6) is 0 Å². The van der Waals surface area contributed by atoms with Gasteiger partial charge in [0.2, 0.25) is 0 Å². The number of hydrogen-bond donors (Lipinski definition) is 0. The van der Waals surface area contributed by atoms with Crippen LogP contribution >= 0.6 is 11.6 Å². The first-order valence-electron chi connectivity index (χ1n) is 12.3. The normalized spacial score (nSPS) is 19.0. The van der Waals surface area contributed by atoms with Crippen molar-refractivity contribution in [3.8, 4) is 0 Å². The Morgan fingerprint density at radius 1 is 0.949 bits per heavy atom. The maximum Gasteiger partial charge on any atom is 0.411 e. The predicted molar refractivity (Wildman–Crippen MR) is 137 cm³/mol. The molecule has 1 saturated heterocycles. The first kappa shape index (κ1) is 28.1. The first-order valence-corrected chi connectivity index (χ1v) is 12.7. The highest BCUT2D eigenvalue weighted by Crippen LogP contribution is 2.28. The predicted octanol–water partition coefficient (Wildman–Crippen LogP) is 4.30. The molecule has 0 unspecified atom stereocenters. The highest BCUT2D eigenvalue weighted by molar-refractivity contribution is 6.62. The van der Waals surface area contributed by atoms with E-state index in [0.717, 1.165) is 15.5 Å². The number of ether oxygens (including phenoxy) is 1. The van der Waals surface area contributed by atoms with Gasteiger partial charge in [0.1, 0.15) is 18.2 Å². The summed E-state index contributed by atoms with van der Waals surface area (Å²) >= 11 is 5.82. The van der Waals surface area contributed by atoms with Crippen LogP contribution in [0.3, 0.4) is 0 Å². The van der Waals surface area contributed by atoms with Crippen molar-refractivity contribution in [2.45, 2.75) is 57.9 Å². The smallest absolute Gasteiger partial charge is 0.411 e. The van der Waals surface area contributed by atoms with Gasteiger partial charge in [-0.2, -0.15) is 0 Å². The van der Waals surface area contributed by atoms with E-state index in [2.05, 4.69) is 0 Å². The molecule has 0 radical (unpaired) electrons. The van der Waals surface area contributed by atoms with E-state index in [1.807, 2.05) is 30.3 Å². The number of benzene rings is 2. The second-order valence-electron chi connectivity index (χ2n) is 10.1. The lowest BCUT2D eigenvalue weighted by Crippen LogP contribution is -2.58. The van der Waals surface area contributed by atoms with Crippen LogP contribution in [0.4, 0.5) is 9.59 Å². The molecule has 2 aromatic carbocycles. The second kappa shape index (κ2) is 11.4. The van der Waals surface area contributed by atoms with Crippen LogP contribution < -0.4 is 0 Å². The van der Waals surface area contributed by atoms with Crippen LogP contribution in [0.1, 0.15) is 59.9 Å². The fourth-order valence-corrected chi connectivity index (χ4v) is 4.52. The Morgan fingerprint density at radius 3 is 2.10 bits per heavy atom. The van der Waals surface area contributed by atoms with E-state index in [9.17, 15) is 24.0 Å². The molecule has 2 atom stereocenters. The van der Waals surface area contributed by atoms with Crippen molar-refractivity contribution in [3.63, 3.8) is 0 Å². The average molecular weight is 558 g/mol. The molecule has 39 heavy (non-hydrogen) atoms. The van der Waals surface area contributed by atoms with Gasteiger partial charge in [-0.1, -0.05) is 47.5 Å². The summed E-state index contributed by atoms with van der Waals surface area (Å²) in [5.74, 6) is -2.56. The van der Waals surface area contributed by atoms with Crippen molar-refractivity contribution in [2.75, 3.05) is 6.54 Å². The molecule has 2 aliphatic rings. The number of halogens is 1. The maximum atomic E-state index is 13.2. The zero-order valence-corrected chi connectivity index (χ0v) is 22.4. The molecule has 2 heterocycles. The Bertz CT molecular complexity index is 1240. The number of likely N-dealkylation sites (tertiary alicyclic amines) is 1. The van der Waals surface area contributed by atoms with E-state index in [-0.39, 0.29) is 37.1 Å². The number of hydroxylamine groups is 4. The molecule has 4 amide bonds. The monoisotopic (exact) mass is 557 g/mol. The third-order valence-corrected chi connectivity index (χ3v) is 6.28. The van der Waals surface area contributed by atoms with Gasteiger partial charge < -0.3 is 9.57 Å². The summed E-state index contributed by atoms with van der Waals surface area (Å²) in [4.78, 5) is 76.0. The summed E-state index contributed by atoms with van der Waals surface area (Å²) in [5, 5.41) is 0.466. The number of carbonyl (C=O) groups is 5. The quantitative estimate of drug-likeness (QED) is 0.223. The van der Waals surface area contributed by atoms with Gasteiger partial charge in [0.15, 0.2) is 0 Å². The molecule has 0 bridgehead atoms. The number of imide groups is 1. The van der Waals surface area contributed by atoms with Crippen LogP contribution in [0, 0.1) is 0 Å². The molecular weight excluding hydrogens is 530 g/mol. The second-order valence-corrected chi connectivity index (χ2v) is 10.4. The molecule has 0 spiro atoms. The highest BCUT2D eigenvalue weighted by atomic mass is 35.5. The fourth-order valence-electron chi connectivity index (χ4n) is 4.33. The SMILES string of the molecule is CC(C)(C)OC(=O)N1C[C@H](N(OCc2ccccc2)C(=O)Cl)CC[C@H]1C(=O)ON1C(=O)c2ccccc2C1=O. The zero-order chi connectivity index (χ0) is 28.3. The van der Waals surface area contributed by atoms with Gasteiger partial charge in [0.25, 0.3) is 11.8 Å². The topological polar surface area (TPSA) is 123 Å². The third-order valence-electron chi connectivity index (χ3n) is 6.11. The molecule has 0 saturated carbocycles. The fraction of sp³-hybridized carbons (Fsp3) is 0.370. The lowest BCUT2D eigenvalue weighted by Gasteiger charge is -2.41. The van der Waals surface area contributed by atoms with Gasteiger partial charge in [0, 0.05) is 6.54 Å². The number of rotatable bonds is 6. The van der Waals surface area contributed by atoms with Crippen molar-refractivity contribution in [1.82, 2.24) is 15.0 Å². The largest absolute Gasteiger partial charge is 0.444 e. The van der Waals surface area contributed by atoms with E-state index < -0.39 is 46.9 Å². The standard InChI is InChI=1S/C27H28ClN3O8/c1-27(2,3)38-26(36)29-15-18(30(25(28)35)37-16-17-9-5-4-6-10-17)13-14-21(29)24(34)39-31-22(32)19-11-7-8-12-20(19)23(31)33/h4-12,18,21H,13-16H2,1-3H3/t18-,21+/m1/s1. The molecule has 206 valence electrons. The maximum absolute atomic E-state index is 13.2. The first-order chi connectivity index (χ1) is 18.5. The molecule has 2 aromatic rings. The van der Waals surface area contributed by atoms with E-state index >= 15 is 0 Å². The van der Waals surface area contributed by atoms with Gasteiger partial charge in [-0.3, -0.25) is 24.1 Å². The Labute approximate surface area is 230 Å². The van der Waals surface area contributed by atoms with Gasteiger partial charge in [-0.15, -0.1) is 0 Å². The Kier molecular flexibility index (Phi) is 8.22. The average Bonchev–Trinajstić information content (AvgIpc) is 3.13. The summed E-state index contributed by atoms with van der Waals surface area (Å²) in [5.41, 5.74) is 0.111. The van der Waals surface area contributed by atoms with E-state index in [1.165, 1.54) is 12.1 Å². The summed E-state index contributed by atoms with van der Waals surface area (Å²) in [6, 6.07) is 13.3. The number of fused-ring (bicyclic) bond motifs is 1. The lowest BCUT2D eigenvalue weighted by molar-refractivity contribution is -0.183. The molecule has 0 aliphatic carbocycles. The minimum absolute atomic E-state index is 0.0152. The summed E-state index contributed by atoms with van der Waals surface area (Å²) in [6.07, 6.45) is -0.628. The van der Waals surface area contributed by atoms with E-state index in [4.69, 9.17) is 26.0 Å². The van der Waals surface area contributed by atoms with Crippen molar-refractivity contribution >= 4 is 40.8 Å². The number of hydrogen-bond acceptors (Lipinski definition) is 8. The number of piperidine rings is 1. The van der Waals surface area contributed by atoms with Crippen LogP contribution in [0.25, 0.3) is 0 Å². The molecule has 2 aliphatic heterocycles. The zero-order valence-electron chi connectivity index (χ0n) is 21.7. The summed E-state index contributed by atoms with van der Waals surface area (Å²) in [7, 11) is 0. The van der Waals surface area contributed by atoms with Crippen molar-refractivity contribution in [2.24, 2.45) is 0 Å². The van der Waals surface area contributed by atoms with Crippen LogP contribution in [0.2, 0.25) is 0 Å². The number of amides is 4. The van der Waals surface area contributed by atoms with Crippen LogP contribution in [-0.4, -0.2) is 68.5 Å². The summed E-state index contributed by atoms with van der Waals surface area (Å²) in [6.45, 7) is 4.86. The summed E-state index contributed by atoms with van der Waals surface area (Å²) < 4.78 is 5.49. The van der Waals surface area contributed by atoms with Gasteiger partial charge in [0.05, 0.1) is 17.2 Å². The third kappa shape index (κ3) is 6.37. The number of nitrogens with zero attached hydrogens (tertiary/aromatic N) is 3. The minimum atomic E-state index is -1.21. The Morgan fingerprint density at radius 2 is 1.54 bits per heavy atom. The van der Waals surface area contributed by atoms with Crippen LogP contribution in [-0.2, 0) is 25.8 Å². The Hall–Kier alpha value is -3.96. The minimum Gasteiger partial charge on any atom is -0.444 e. The molecule has 0 N–H and O–H groups in total. The van der Waals surface area contributed by atoms with E-state index in [1.54, 1.807) is 32.9 Å². The van der Waals surface area contributed by atoms with E-state index in [0.29, 0.717) is 5.06 Å². The van der Waals surface area contributed by atoms with Crippen molar-refractivity contribution in [3.05, 3.63) is 71.3 Å². The lowest BCUT2D eigenvalue weighted by atomic mass is 9.98. The molecular formula is C27H28ClN3O8. The molecule has 1 fully saturated rings. The van der Waals surface area contributed by atoms with Crippen LogP contribution in [0.15, 0.2) is 54.6 Å². The molecule has 11 nitrogen and oxygen atoms in total. The van der Waals surface area contributed by atoms with Gasteiger partial charge >= 0.3 is 17.4 Å². The molecule has 4 rings (SSSR count).